The van der Waals surface area contributed by atoms with Crippen LogP contribution in [0.5, 0.6) is 5.75 Å². The van der Waals surface area contributed by atoms with E-state index in [0.29, 0.717) is 20.0 Å². The number of methoxy groups -OCH3 is 1. The second kappa shape index (κ2) is 6.85. The number of carbonyl (C=O) groups excluding carboxylic acids is 1. The Balaban J connectivity index is 2.09. The maximum atomic E-state index is 12.1. The Morgan fingerprint density at radius 1 is 1.40 bits per heavy atom. The van der Waals surface area contributed by atoms with E-state index in [9.17, 15) is 4.79 Å². The standard InChI is InChI=1S/C14H12Cl2O2S2/c1-8-11(18-2)4-3-5-12(8)19-7-10(17)9-6-13(15)20-14(9)16/h3-6H,7H2,1-2H3. The van der Waals surface area contributed by atoms with Crippen LogP contribution in [0.15, 0.2) is 29.2 Å². The number of hydrogen-bond acceptors (Lipinski definition) is 4. The molecule has 2 nitrogen and oxygen atoms in total. The maximum absolute atomic E-state index is 12.1. The van der Waals surface area contributed by atoms with Crippen molar-refractivity contribution in [2.24, 2.45) is 0 Å². The van der Waals surface area contributed by atoms with E-state index in [2.05, 4.69) is 0 Å². The second-order valence-corrected chi connectivity index (χ2v) is 7.34. The third kappa shape index (κ3) is 3.50. The molecule has 1 aromatic heterocycles. The Bertz CT molecular complexity index is 638. The van der Waals surface area contributed by atoms with Crippen LogP contribution in [-0.2, 0) is 0 Å². The van der Waals surface area contributed by atoms with Crippen LogP contribution in [0.1, 0.15) is 15.9 Å². The predicted molar refractivity (Wildman–Crippen MR) is 87.1 cm³/mol. The van der Waals surface area contributed by atoms with Crippen LogP contribution in [0.2, 0.25) is 8.67 Å². The van der Waals surface area contributed by atoms with Crippen LogP contribution in [0, 0.1) is 6.92 Å². The van der Waals surface area contributed by atoms with Crippen molar-refractivity contribution < 1.29 is 9.53 Å². The average Bonchev–Trinajstić information content (AvgIpc) is 2.76. The van der Waals surface area contributed by atoms with E-state index in [-0.39, 0.29) is 5.78 Å². The van der Waals surface area contributed by atoms with Crippen molar-refractivity contribution in [2.75, 3.05) is 12.9 Å². The Morgan fingerprint density at radius 2 is 2.15 bits per heavy atom. The third-order valence-electron chi connectivity index (χ3n) is 2.77. The molecule has 0 fully saturated rings. The first-order valence-corrected chi connectivity index (χ1v) is 8.33. The van der Waals surface area contributed by atoms with E-state index in [0.717, 1.165) is 16.2 Å². The third-order valence-corrected chi connectivity index (χ3v) is 5.42. The highest BCUT2D eigenvalue weighted by Gasteiger charge is 2.15. The number of halogens is 2. The molecule has 0 aliphatic rings. The molecule has 6 heteroatoms. The monoisotopic (exact) mass is 346 g/mol. The van der Waals surface area contributed by atoms with Crippen LogP contribution in [0.3, 0.4) is 0 Å². The highest BCUT2D eigenvalue weighted by molar-refractivity contribution is 8.00. The fourth-order valence-electron chi connectivity index (χ4n) is 1.72. The minimum atomic E-state index is -0.0228. The van der Waals surface area contributed by atoms with Crippen LogP contribution in [0.4, 0.5) is 0 Å². The molecule has 0 bridgehead atoms. The first-order valence-electron chi connectivity index (χ1n) is 5.77. The van der Waals surface area contributed by atoms with Crippen LogP contribution in [0.25, 0.3) is 0 Å². The number of thioether (sulfide) groups is 1. The molecule has 2 aromatic rings. The summed E-state index contributed by atoms with van der Waals surface area (Å²) in [5.74, 6) is 1.12. The molecule has 0 atom stereocenters. The molecule has 0 N–H and O–H groups in total. The van der Waals surface area contributed by atoms with E-state index in [1.54, 1.807) is 13.2 Å². The lowest BCUT2D eigenvalue weighted by atomic mass is 10.2. The smallest absolute Gasteiger partial charge is 0.175 e. The zero-order valence-electron chi connectivity index (χ0n) is 10.9. The predicted octanol–water partition coefficient (Wildman–Crippen LogP) is 5.35. The molecule has 106 valence electrons. The van der Waals surface area contributed by atoms with Crippen LogP contribution >= 0.6 is 46.3 Å². The van der Waals surface area contributed by atoms with Gasteiger partial charge in [0.05, 0.1) is 17.2 Å². The van der Waals surface area contributed by atoms with Crippen molar-refractivity contribution in [2.45, 2.75) is 11.8 Å². The maximum Gasteiger partial charge on any atom is 0.175 e. The molecule has 0 aliphatic heterocycles. The molecule has 0 radical (unpaired) electrons. The summed E-state index contributed by atoms with van der Waals surface area (Å²) < 4.78 is 6.24. The van der Waals surface area contributed by atoms with Crippen molar-refractivity contribution >= 4 is 52.1 Å². The summed E-state index contributed by atoms with van der Waals surface area (Å²) in [6.45, 7) is 1.97. The normalized spacial score (nSPS) is 10.6. The van der Waals surface area contributed by atoms with Gasteiger partial charge in [-0.2, -0.15) is 0 Å². The van der Waals surface area contributed by atoms with Gasteiger partial charge in [-0.1, -0.05) is 29.3 Å². The van der Waals surface area contributed by atoms with Crippen molar-refractivity contribution in [1.82, 2.24) is 0 Å². The molecular formula is C14H12Cl2O2S2. The first kappa shape index (κ1) is 15.7. The summed E-state index contributed by atoms with van der Waals surface area (Å²) in [6, 6.07) is 7.40. The lowest BCUT2D eigenvalue weighted by Gasteiger charge is -2.09. The summed E-state index contributed by atoms with van der Waals surface area (Å²) in [5, 5.41) is 0. The number of thiophene rings is 1. The zero-order valence-corrected chi connectivity index (χ0v) is 14.1. The summed E-state index contributed by atoms with van der Waals surface area (Å²) in [4.78, 5) is 13.2. The number of Topliss-reactive ketones (excluding diaryl/α,β-unsaturated/α-hetero) is 1. The minimum absolute atomic E-state index is 0.0228. The van der Waals surface area contributed by atoms with Gasteiger partial charge in [-0.15, -0.1) is 23.1 Å². The van der Waals surface area contributed by atoms with Gasteiger partial charge in [0, 0.05) is 16.0 Å². The molecule has 0 saturated carbocycles. The van der Waals surface area contributed by atoms with Crippen LogP contribution in [-0.4, -0.2) is 18.6 Å². The Morgan fingerprint density at radius 3 is 2.75 bits per heavy atom. The van der Waals surface area contributed by atoms with Crippen molar-refractivity contribution in [3.63, 3.8) is 0 Å². The van der Waals surface area contributed by atoms with Gasteiger partial charge in [0.2, 0.25) is 0 Å². The molecule has 1 heterocycles. The lowest BCUT2D eigenvalue weighted by molar-refractivity contribution is 0.102. The van der Waals surface area contributed by atoms with Gasteiger partial charge in [-0.3, -0.25) is 4.79 Å². The van der Waals surface area contributed by atoms with E-state index in [4.69, 9.17) is 27.9 Å². The Kier molecular flexibility index (Phi) is 5.38. The zero-order chi connectivity index (χ0) is 14.7. The van der Waals surface area contributed by atoms with E-state index < -0.39 is 0 Å². The van der Waals surface area contributed by atoms with Gasteiger partial charge in [0.25, 0.3) is 0 Å². The molecular weight excluding hydrogens is 335 g/mol. The molecule has 0 aliphatic carbocycles. The summed E-state index contributed by atoms with van der Waals surface area (Å²) in [6.07, 6.45) is 0. The number of benzene rings is 1. The summed E-state index contributed by atoms with van der Waals surface area (Å²) >= 11 is 14.5. The molecule has 0 unspecified atom stereocenters. The minimum Gasteiger partial charge on any atom is -0.496 e. The van der Waals surface area contributed by atoms with E-state index in [1.165, 1.54) is 23.1 Å². The first-order chi connectivity index (χ1) is 9.52. The number of carbonyl (C=O) groups is 1. The Labute approximate surface area is 136 Å². The SMILES string of the molecule is COc1cccc(SCC(=O)c2cc(Cl)sc2Cl)c1C. The quantitative estimate of drug-likeness (QED) is 0.539. The highest BCUT2D eigenvalue weighted by Crippen LogP contribution is 2.34. The number of rotatable bonds is 5. The van der Waals surface area contributed by atoms with Gasteiger partial charge in [0.15, 0.2) is 5.78 Å². The van der Waals surface area contributed by atoms with Crippen molar-refractivity contribution in [1.29, 1.82) is 0 Å². The van der Waals surface area contributed by atoms with Crippen LogP contribution < -0.4 is 4.74 Å². The number of ether oxygens (including phenoxy) is 1. The largest absolute Gasteiger partial charge is 0.496 e. The summed E-state index contributed by atoms with van der Waals surface area (Å²) in [7, 11) is 1.63. The number of ketones is 1. The van der Waals surface area contributed by atoms with Gasteiger partial charge >= 0.3 is 0 Å². The van der Waals surface area contributed by atoms with Crippen molar-refractivity contribution in [3.8, 4) is 5.75 Å². The fourth-order valence-corrected chi connectivity index (χ4v) is 4.16. The van der Waals surface area contributed by atoms with Gasteiger partial charge in [-0.25, -0.2) is 0 Å². The fraction of sp³-hybridized carbons (Fsp3) is 0.214. The second-order valence-electron chi connectivity index (χ2n) is 4.03. The lowest BCUT2D eigenvalue weighted by Crippen LogP contribution is -2.01. The van der Waals surface area contributed by atoms with E-state index in [1.807, 2.05) is 25.1 Å². The molecule has 20 heavy (non-hydrogen) atoms. The van der Waals surface area contributed by atoms with Crippen molar-refractivity contribution in [3.05, 3.63) is 44.1 Å². The molecule has 2 rings (SSSR count). The van der Waals surface area contributed by atoms with Gasteiger partial charge < -0.3 is 4.74 Å². The highest BCUT2D eigenvalue weighted by atomic mass is 35.5. The molecule has 0 saturated heterocycles. The molecule has 0 amide bonds. The summed E-state index contributed by atoms with van der Waals surface area (Å²) in [5.41, 5.74) is 1.52. The number of hydrogen-bond donors (Lipinski definition) is 0. The molecule has 1 aromatic carbocycles. The average molecular weight is 347 g/mol. The molecule has 0 spiro atoms. The topological polar surface area (TPSA) is 26.3 Å². The Hall–Kier alpha value is -0.680. The van der Waals surface area contributed by atoms with Gasteiger partial charge in [0.1, 0.15) is 10.1 Å². The van der Waals surface area contributed by atoms with Gasteiger partial charge in [-0.05, 0) is 25.1 Å². The van der Waals surface area contributed by atoms with E-state index >= 15 is 0 Å².